The Balaban J connectivity index is 1.46. The van der Waals surface area contributed by atoms with E-state index in [4.69, 9.17) is 4.74 Å². The van der Waals surface area contributed by atoms with Gasteiger partial charge >= 0.3 is 5.97 Å². The number of nitrogens with one attached hydrogen (secondary N) is 2. The molecule has 0 saturated heterocycles. The lowest BCUT2D eigenvalue weighted by molar-refractivity contribution is -0.113. The first-order valence-electron chi connectivity index (χ1n) is 9.27. The third kappa shape index (κ3) is 4.35. The third-order valence-corrected chi connectivity index (χ3v) is 6.29. The van der Waals surface area contributed by atoms with Gasteiger partial charge in [0.05, 0.1) is 28.8 Å². The summed E-state index contributed by atoms with van der Waals surface area (Å²) in [7, 11) is 0. The Bertz CT molecular complexity index is 1130. The third-order valence-electron chi connectivity index (χ3n) is 4.50. The molecule has 0 atom stereocenters. The molecule has 0 unspecified atom stereocenters. The van der Waals surface area contributed by atoms with Gasteiger partial charge in [0.2, 0.25) is 5.91 Å². The first-order valence-corrected chi connectivity index (χ1v) is 11.1. The Morgan fingerprint density at radius 2 is 2.14 bits per heavy atom. The standard InChI is InChI=1S/C20H19N3O4S2/c1-2-27-19(26)16-13(11-7-8-11)9-28-18(16)22-15(24)10-29-20-21-14-6-4-3-5-12(14)17(25)23-20/h3-6,9,11H,2,7-8,10H2,1H3,(H,22,24)(H,21,23,25). The van der Waals surface area contributed by atoms with Crippen molar-refractivity contribution in [3.8, 4) is 0 Å². The zero-order valence-electron chi connectivity index (χ0n) is 15.7. The Kier molecular flexibility index (Phi) is 5.68. The monoisotopic (exact) mass is 429 g/mol. The summed E-state index contributed by atoms with van der Waals surface area (Å²) in [6.45, 7) is 2.04. The maximum absolute atomic E-state index is 12.5. The Morgan fingerprint density at radius 1 is 1.34 bits per heavy atom. The number of para-hydroxylation sites is 1. The number of H-pyrrole nitrogens is 1. The number of thiophene rings is 1. The van der Waals surface area contributed by atoms with Gasteiger partial charge in [-0.25, -0.2) is 9.78 Å². The molecule has 3 aromatic rings. The molecule has 0 aliphatic heterocycles. The van der Waals surface area contributed by atoms with E-state index >= 15 is 0 Å². The molecule has 7 nitrogen and oxygen atoms in total. The summed E-state index contributed by atoms with van der Waals surface area (Å²) in [6, 6.07) is 7.04. The molecule has 1 aliphatic rings. The average molecular weight is 430 g/mol. The molecule has 0 bridgehead atoms. The van der Waals surface area contributed by atoms with Crippen LogP contribution in [0.5, 0.6) is 0 Å². The van der Waals surface area contributed by atoms with Crippen molar-refractivity contribution < 1.29 is 14.3 Å². The van der Waals surface area contributed by atoms with Crippen molar-refractivity contribution in [2.75, 3.05) is 17.7 Å². The highest BCUT2D eigenvalue weighted by Gasteiger charge is 2.32. The predicted octanol–water partition coefficient (Wildman–Crippen LogP) is 3.77. The van der Waals surface area contributed by atoms with Gasteiger partial charge in [-0.1, -0.05) is 23.9 Å². The van der Waals surface area contributed by atoms with Crippen LogP contribution in [-0.4, -0.2) is 34.2 Å². The molecular formula is C20H19N3O4S2. The van der Waals surface area contributed by atoms with Gasteiger partial charge in [0.15, 0.2) is 5.16 Å². The number of amides is 1. The van der Waals surface area contributed by atoms with Gasteiger partial charge in [0, 0.05) is 0 Å². The molecule has 0 radical (unpaired) electrons. The van der Waals surface area contributed by atoms with Crippen LogP contribution in [0.1, 0.15) is 41.6 Å². The minimum atomic E-state index is -0.404. The second-order valence-electron chi connectivity index (χ2n) is 6.61. The van der Waals surface area contributed by atoms with E-state index in [1.807, 2.05) is 5.38 Å². The molecule has 4 rings (SSSR count). The molecule has 150 valence electrons. The number of fused-ring (bicyclic) bond motifs is 1. The smallest absolute Gasteiger partial charge is 0.341 e. The number of rotatable bonds is 7. The van der Waals surface area contributed by atoms with Crippen LogP contribution in [0.3, 0.4) is 0 Å². The Hall–Kier alpha value is -2.65. The number of ether oxygens (including phenoxy) is 1. The van der Waals surface area contributed by atoms with Gasteiger partial charge in [-0.05, 0) is 48.8 Å². The molecule has 29 heavy (non-hydrogen) atoms. The number of benzene rings is 1. The van der Waals surface area contributed by atoms with Crippen LogP contribution in [-0.2, 0) is 9.53 Å². The molecule has 9 heteroatoms. The molecule has 1 aliphatic carbocycles. The van der Waals surface area contributed by atoms with Crippen LogP contribution in [0.4, 0.5) is 5.00 Å². The molecule has 2 aromatic heterocycles. The number of anilines is 1. The maximum Gasteiger partial charge on any atom is 0.341 e. The van der Waals surface area contributed by atoms with E-state index in [1.165, 1.54) is 11.3 Å². The quantitative estimate of drug-likeness (QED) is 0.337. The summed E-state index contributed by atoms with van der Waals surface area (Å²) in [4.78, 5) is 44.0. The number of carbonyl (C=O) groups is 2. The molecule has 1 amide bonds. The number of thioether (sulfide) groups is 1. The van der Waals surface area contributed by atoms with Crippen LogP contribution in [0, 0.1) is 0 Å². The van der Waals surface area contributed by atoms with Gasteiger partial charge < -0.3 is 15.0 Å². The van der Waals surface area contributed by atoms with E-state index < -0.39 is 5.97 Å². The predicted molar refractivity (Wildman–Crippen MR) is 114 cm³/mol. The van der Waals surface area contributed by atoms with E-state index in [9.17, 15) is 14.4 Å². The summed E-state index contributed by atoms with van der Waals surface area (Å²) in [6.07, 6.45) is 2.10. The van der Waals surface area contributed by atoms with Gasteiger partial charge in [0.1, 0.15) is 5.00 Å². The summed E-state index contributed by atoms with van der Waals surface area (Å²) >= 11 is 2.47. The topological polar surface area (TPSA) is 101 Å². The second kappa shape index (κ2) is 8.38. The highest BCUT2D eigenvalue weighted by molar-refractivity contribution is 7.99. The molecule has 2 heterocycles. The fraction of sp³-hybridized carbons (Fsp3) is 0.300. The number of nitrogens with zero attached hydrogens (tertiary/aromatic N) is 1. The van der Waals surface area contributed by atoms with E-state index in [0.29, 0.717) is 32.5 Å². The molecule has 1 saturated carbocycles. The highest BCUT2D eigenvalue weighted by atomic mass is 32.2. The zero-order chi connectivity index (χ0) is 20.4. The number of carbonyl (C=O) groups excluding carboxylic acids is 2. The Labute approximate surface area is 174 Å². The number of hydrogen-bond acceptors (Lipinski definition) is 7. The summed E-state index contributed by atoms with van der Waals surface area (Å²) in [5, 5.41) is 6.13. The lowest BCUT2D eigenvalue weighted by atomic mass is 10.1. The van der Waals surface area contributed by atoms with E-state index in [1.54, 1.807) is 31.2 Å². The van der Waals surface area contributed by atoms with Crippen molar-refractivity contribution in [2.24, 2.45) is 0 Å². The number of hydrogen-bond donors (Lipinski definition) is 2. The summed E-state index contributed by atoms with van der Waals surface area (Å²) in [5.74, 6) is -0.252. The first kappa shape index (κ1) is 19.7. The maximum atomic E-state index is 12.5. The first-order chi connectivity index (χ1) is 14.1. The van der Waals surface area contributed by atoms with Gasteiger partial charge in [0.25, 0.3) is 5.56 Å². The van der Waals surface area contributed by atoms with Gasteiger partial charge in [-0.2, -0.15) is 0 Å². The lowest BCUT2D eigenvalue weighted by Gasteiger charge is -2.08. The molecule has 2 N–H and O–H groups in total. The van der Waals surface area contributed by atoms with Gasteiger partial charge in [-0.3, -0.25) is 9.59 Å². The second-order valence-corrected chi connectivity index (χ2v) is 8.46. The molecule has 1 aromatic carbocycles. The van der Waals surface area contributed by atoms with Crippen molar-refractivity contribution in [1.82, 2.24) is 9.97 Å². The highest BCUT2D eigenvalue weighted by Crippen LogP contribution is 2.46. The van der Waals surface area contributed by atoms with Crippen LogP contribution in [0.2, 0.25) is 0 Å². The minimum Gasteiger partial charge on any atom is -0.462 e. The van der Waals surface area contributed by atoms with Crippen LogP contribution >= 0.6 is 23.1 Å². The van der Waals surface area contributed by atoms with Crippen molar-refractivity contribution in [1.29, 1.82) is 0 Å². The van der Waals surface area contributed by atoms with Crippen molar-refractivity contribution in [3.63, 3.8) is 0 Å². The Morgan fingerprint density at radius 3 is 2.90 bits per heavy atom. The fourth-order valence-corrected chi connectivity index (χ4v) is 4.72. The number of esters is 1. The van der Waals surface area contributed by atoms with E-state index in [0.717, 1.165) is 30.2 Å². The van der Waals surface area contributed by atoms with Gasteiger partial charge in [-0.15, -0.1) is 11.3 Å². The molecule has 0 spiro atoms. The van der Waals surface area contributed by atoms with Crippen molar-refractivity contribution >= 4 is 50.9 Å². The van der Waals surface area contributed by atoms with E-state index in [2.05, 4.69) is 15.3 Å². The lowest BCUT2D eigenvalue weighted by Crippen LogP contribution is -2.17. The SMILES string of the molecule is CCOC(=O)c1c(C2CC2)csc1NC(=O)CSc1nc2ccccc2c(=O)[nH]1. The molecule has 1 fully saturated rings. The fourth-order valence-electron chi connectivity index (χ4n) is 3.00. The summed E-state index contributed by atoms with van der Waals surface area (Å²) < 4.78 is 5.17. The average Bonchev–Trinajstić information content (AvgIpc) is 3.47. The van der Waals surface area contributed by atoms with Crippen molar-refractivity contribution in [2.45, 2.75) is 30.8 Å². The minimum absolute atomic E-state index is 0.0558. The van der Waals surface area contributed by atoms with Crippen molar-refractivity contribution in [3.05, 3.63) is 51.1 Å². The van der Waals surface area contributed by atoms with Crippen LogP contribution in [0.15, 0.2) is 39.6 Å². The summed E-state index contributed by atoms with van der Waals surface area (Å²) in [5.41, 5.74) is 1.76. The normalized spacial score (nSPS) is 13.4. The largest absolute Gasteiger partial charge is 0.462 e. The number of aromatic amines is 1. The molecular weight excluding hydrogens is 410 g/mol. The van der Waals surface area contributed by atoms with E-state index in [-0.39, 0.29) is 23.8 Å². The van der Waals surface area contributed by atoms with Crippen LogP contribution in [0.25, 0.3) is 10.9 Å². The number of aromatic nitrogens is 2. The van der Waals surface area contributed by atoms with Crippen LogP contribution < -0.4 is 10.9 Å². The zero-order valence-corrected chi connectivity index (χ0v) is 17.3.